The Morgan fingerprint density at radius 1 is 1.12 bits per heavy atom. The molecule has 1 heterocycles. The molecule has 0 atom stereocenters. The van der Waals surface area contributed by atoms with Crippen LogP contribution in [0.15, 0.2) is 46.9 Å². The molecule has 0 bridgehead atoms. The third kappa shape index (κ3) is 4.89. The minimum absolute atomic E-state index is 0.135. The SMILES string of the molecule is Cc1cc(Br)ccc1C(=O)Nc1ccc(CC(=O)N2CCSCC2)cc1. The molecule has 1 aliphatic heterocycles. The quantitative estimate of drug-likeness (QED) is 0.789. The van der Waals surface area contributed by atoms with Gasteiger partial charge in [0.2, 0.25) is 5.91 Å². The summed E-state index contributed by atoms with van der Waals surface area (Å²) >= 11 is 5.30. The van der Waals surface area contributed by atoms with Crippen LogP contribution < -0.4 is 5.32 Å². The molecule has 136 valence electrons. The molecule has 2 amide bonds. The smallest absolute Gasteiger partial charge is 0.255 e. The van der Waals surface area contributed by atoms with Crippen molar-refractivity contribution in [2.24, 2.45) is 0 Å². The van der Waals surface area contributed by atoms with Gasteiger partial charge in [-0.05, 0) is 48.4 Å². The zero-order chi connectivity index (χ0) is 18.5. The van der Waals surface area contributed by atoms with E-state index < -0.39 is 0 Å². The van der Waals surface area contributed by atoms with Gasteiger partial charge in [0, 0.05) is 40.3 Å². The Labute approximate surface area is 166 Å². The molecule has 1 aliphatic rings. The van der Waals surface area contributed by atoms with Gasteiger partial charge in [0.25, 0.3) is 5.91 Å². The van der Waals surface area contributed by atoms with Crippen LogP contribution in [0.25, 0.3) is 0 Å². The van der Waals surface area contributed by atoms with E-state index in [1.165, 1.54) is 0 Å². The van der Waals surface area contributed by atoms with Crippen molar-refractivity contribution in [2.45, 2.75) is 13.3 Å². The number of thioether (sulfide) groups is 1. The number of nitrogens with zero attached hydrogens (tertiary/aromatic N) is 1. The predicted octanol–water partition coefficient (Wildman–Crippen LogP) is 4.13. The lowest BCUT2D eigenvalue weighted by Gasteiger charge is -2.26. The van der Waals surface area contributed by atoms with Gasteiger partial charge in [-0.15, -0.1) is 0 Å². The van der Waals surface area contributed by atoms with E-state index in [0.29, 0.717) is 12.0 Å². The lowest BCUT2D eigenvalue weighted by Crippen LogP contribution is -2.38. The molecule has 0 aromatic heterocycles. The van der Waals surface area contributed by atoms with Crippen molar-refractivity contribution in [1.29, 1.82) is 0 Å². The van der Waals surface area contributed by atoms with Gasteiger partial charge in [-0.25, -0.2) is 0 Å². The van der Waals surface area contributed by atoms with Crippen LogP contribution in [0.2, 0.25) is 0 Å². The first kappa shape index (κ1) is 19.0. The predicted molar refractivity (Wildman–Crippen MR) is 111 cm³/mol. The van der Waals surface area contributed by atoms with Crippen molar-refractivity contribution in [3.8, 4) is 0 Å². The van der Waals surface area contributed by atoms with Crippen LogP contribution in [0.4, 0.5) is 5.69 Å². The molecule has 1 N–H and O–H groups in total. The highest BCUT2D eigenvalue weighted by Gasteiger charge is 2.17. The molecule has 6 heteroatoms. The number of anilines is 1. The number of carbonyl (C=O) groups is 2. The number of benzene rings is 2. The second kappa shape index (κ2) is 8.73. The normalized spacial score (nSPS) is 14.2. The Kier molecular flexibility index (Phi) is 6.38. The van der Waals surface area contributed by atoms with Crippen molar-refractivity contribution < 1.29 is 9.59 Å². The summed E-state index contributed by atoms with van der Waals surface area (Å²) in [6.07, 6.45) is 0.407. The molecule has 0 unspecified atom stereocenters. The van der Waals surface area contributed by atoms with E-state index in [1.54, 1.807) is 6.07 Å². The number of halogens is 1. The van der Waals surface area contributed by atoms with Gasteiger partial charge >= 0.3 is 0 Å². The zero-order valence-electron chi connectivity index (χ0n) is 14.6. The molecule has 1 saturated heterocycles. The molecule has 4 nitrogen and oxygen atoms in total. The molecule has 26 heavy (non-hydrogen) atoms. The highest BCUT2D eigenvalue weighted by atomic mass is 79.9. The fourth-order valence-corrected chi connectivity index (χ4v) is 4.26. The van der Waals surface area contributed by atoms with Gasteiger partial charge in [0.05, 0.1) is 6.42 Å². The van der Waals surface area contributed by atoms with Gasteiger partial charge < -0.3 is 10.2 Å². The van der Waals surface area contributed by atoms with Gasteiger partial charge in [-0.1, -0.05) is 28.1 Å². The lowest BCUT2D eigenvalue weighted by molar-refractivity contribution is -0.130. The van der Waals surface area contributed by atoms with E-state index in [9.17, 15) is 9.59 Å². The zero-order valence-corrected chi connectivity index (χ0v) is 17.0. The van der Waals surface area contributed by atoms with Gasteiger partial charge in [-0.2, -0.15) is 11.8 Å². The Morgan fingerprint density at radius 2 is 1.81 bits per heavy atom. The maximum atomic E-state index is 12.4. The summed E-state index contributed by atoms with van der Waals surface area (Å²) in [6, 6.07) is 13.1. The van der Waals surface area contributed by atoms with E-state index in [1.807, 2.05) is 60.0 Å². The van der Waals surface area contributed by atoms with Gasteiger partial charge in [0.1, 0.15) is 0 Å². The molecule has 2 aromatic carbocycles. The van der Waals surface area contributed by atoms with E-state index in [0.717, 1.165) is 45.9 Å². The standard InChI is InChI=1S/C20H21BrN2O2S/c1-14-12-16(21)4-7-18(14)20(25)22-17-5-2-15(3-6-17)13-19(24)23-8-10-26-11-9-23/h2-7,12H,8-11,13H2,1H3,(H,22,25). The number of rotatable bonds is 4. The summed E-state index contributed by atoms with van der Waals surface area (Å²) < 4.78 is 0.952. The number of hydrogen-bond acceptors (Lipinski definition) is 3. The largest absolute Gasteiger partial charge is 0.341 e. The molecule has 3 rings (SSSR count). The minimum Gasteiger partial charge on any atom is -0.341 e. The number of amides is 2. The summed E-state index contributed by atoms with van der Waals surface area (Å²) in [5.74, 6) is 2.08. The lowest BCUT2D eigenvalue weighted by atomic mass is 10.1. The number of aryl methyl sites for hydroxylation is 1. The first-order chi connectivity index (χ1) is 12.5. The molecule has 0 spiro atoms. The first-order valence-electron chi connectivity index (χ1n) is 8.55. The van der Waals surface area contributed by atoms with Gasteiger partial charge in [-0.3, -0.25) is 9.59 Å². The average molecular weight is 433 g/mol. The van der Waals surface area contributed by atoms with Crippen molar-refractivity contribution >= 4 is 45.2 Å². The van der Waals surface area contributed by atoms with Crippen LogP contribution in [-0.2, 0) is 11.2 Å². The fourth-order valence-electron chi connectivity index (χ4n) is 2.89. The number of hydrogen-bond donors (Lipinski definition) is 1. The third-order valence-corrected chi connectivity index (χ3v) is 5.80. The van der Waals surface area contributed by atoms with Crippen LogP contribution in [0.3, 0.4) is 0 Å². The van der Waals surface area contributed by atoms with Crippen molar-refractivity contribution in [1.82, 2.24) is 4.90 Å². The van der Waals surface area contributed by atoms with Crippen LogP contribution in [0.1, 0.15) is 21.5 Å². The Bertz CT molecular complexity index is 802. The summed E-state index contributed by atoms with van der Waals surface area (Å²) in [5.41, 5.74) is 3.25. The maximum absolute atomic E-state index is 12.4. The number of carbonyl (C=O) groups excluding carboxylic acids is 2. The minimum atomic E-state index is -0.135. The second-order valence-corrected chi connectivity index (χ2v) is 8.42. The molecule has 0 saturated carbocycles. The van der Waals surface area contributed by atoms with E-state index in [4.69, 9.17) is 0 Å². The molecular formula is C20H21BrN2O2S. The van der Waals surface area contributed by atoms with E-state index >= 15 is 0 Å². The maximum Gasteiger partial charge on any atom is 0.255 e. The van der Waals surface area contributed by atoms with Crippen molar-refractivity contribution in [3.05, 3.63) is 63.6 Å². The van der Waals surface area contributed by atoms with Crippen LogP contribution >= 0.6 is 27.7 Å². The Balaban J connectivity index is 1.60. The average Bonchev–Trinajstić information content (AvgIpc) is 2.64. The topological polar surface area (TPSA) is 49.4 Å². The van der Waals surface area contributed by atoms with E-state index in [-0.39, 0.29) is 11.8 Å². The Morgan fingerprint density at radius 3 is 2.46 bits per heavy atom. The summed E-state index contributed by atoms with van der Waals surface area (Å²) in [4.78, 5) is 26.7. The molecule has 0 aliphatic carbocycles. The fraction of sp³-hybridized carbons (Fsp3) is 0.300. The monoisotopic (exact) mass is 432 g/mol. The first-order valence-corrected chi connectivity index (χ1v) is 10.5. The highest BCUT2D eigenvalue weighted by Crippen LogP contribution is 2.18. The second-order valence-electron chi connectivity index (χ2n) is 6.28. The van der Waals surface area contributed by atoms with Crippen LogP contribution in [0.5, 0.6) is 0 Å². The molecule has 2 aromatic rings. The van der Waals surface area contributed by atoms with Crippen LogP contribution in [-0.4, -0.2) is 41.3 Å². The third-order valence-electron chi connectivity index (χ3n) is 4.36. The summed E-state index contributed by atoms with van der Waals surface area (Å²) in [5, 5.41) is 2.91. The van der Waals surface area contributed by atoms with Gasteiger partial charge in [0.15, 0.2) is 0 Å². The molecule has 0 radical (unpaired) electrons. The summed E-state index contributed by atoms with van der Waals surface area (Å²) in [6.45, 7) is 3.59. The summed E-state index contributed by atoms with van der Waals surface area (Å²) in [7, 11) is 0. The molecular weight excluding hydrogens is 412 g/mol. The van der Waals surface area contributed by atoms with Crippen molar-refractivity contribution in [3.63, 3.8) is 0 Å². The highest BCUT2D eigenvalue weighted by molar-refractivity contribution is 9.10. The van der Waals surface area contributed by atoms with E-state index in [2.05, 4.69) is 21.2 Å². The van der Waals surface area contributed by atoms with Crippen LogP contribution in [0, 0.1) is 6.92 Å². The van der Waals surface area contributed by atoms with Crippen molar-refractivity contribution in [2.75, 3.05) is 29.9 Å². The molecule has 1 fully saturated rings. The number of nitrogens with one attached hydrogen (secondary N) is 1. The Hall–Kier alpha value is -1.79.